The second-order valence-electron chi connectivity index (χ2n) is 3.96. The molecule has 1 heterocycles. The number of nitrogens with one attached hydrogen (secondary N) is 1. The standard InChI is InChI=1S/C7H12N2O4.C4H7NO2/c1-8-5(12)7(3-10,4-11)9(2)6(8)13;1-2-4(7)5-3-6/h10-11H,3-4H2,1-2H3;2,6H,1,3H2,(H,5,7). The highest BCUT2D eigenvalue weighted by atomic mass is 16.3. The lowest BCUT2D eigenvalue weighted by molar-refractivity contribution is -0.136. The second kappa shape index (κ2) is 7.58. The lowest BCUT2D eigenvalue weighted by atomic mass is 10.0. The fraction of sp³-hybridized carbons (Fsp3) is 0.545. The number of carbonyl (C=O) groups excluding carboxylic acids is 3. The Hall–Kier alpha value is -1.97. The van der Waals surface area contributed by atoms with Crippen LogP contribution in [0.25, 0.3) is 0 Å². The average molecular weight is 289 g/mol. The van der Waals surface area contributed by atoms with E-state index in [1.165, 1.54) is 14.1 Å². The molecule has 0 aromatic rings. The molecule has 0 atom stereocenters. The third-order valence-electron chi connectivity index (χ3n) is 2.88. The van der Waals surface area contributed by atoms with Gasteiger partial charge in [0.25, 0.3) is 5.91 Å². The van der Waals surface area contributed by atoms with E-state index in [1.54, 1.807) is 0 Å². The first-order valence-corrected chi connectivity index (χ1v) is 5.61. The fourth-order valence-corrected chi connectivity index (χ4v) is 1.50. The van der Waals surface area contributed by atoms with E-state index in [0.29, 0.717) is 0 Å². The molecular weight excluding hydrogens is 270 g/mol. The van der Waals surface area contributed by atoms with Gasteiger partial charge in [0.15, 0.2) is 5.54 Å². The Labute approximate surface area is 116 Å². The van der Waals surface area contributed by atoms with Crippen molar-refractivity contribution in [1.29, 1.82) is 0 Å². The van der Waals surface area contributed by atoms with Crippen LogP contribution in [0, 0.1) is 0 Å². The van der Waals surface area contributed by atoms with Crippen LogP contribution in [0.15, 0.2) is 12.7 Å². The van der Waals surface area contributed by atoms with Gasteiger partial charge in [-0.2, -0.15) is 0 Å². The molecule has 1 fully saturated rings. The molecule has 0 unspecified atom stereocenters. The number of likely N-dealkylation sites (N-methyl/N-ethyl adjacent to an activating group) is 2. The molecule has 0 aliphatic carbocycles. The molecule has 0 aromatic heterocycles. The summed E-state index contributed by atoms with van der Waals surface area (Å²) in [5.41, 5.74) is -1.48. The van der Waals surface area contributed by atoms with E-state index < -0.39 is 30.7 Å². The van der Waals surface area contributed by atoms with E-state index in [2.05, 4.69) is 11.9 Å². The number of hydrogen-bond acceptors (Lipinski definition) is 6. The van der Waals surface area contributed by atoms with E-state index in [1.807, 2.05) is 0 Å². The molecule has 1 rings (SSSR count). The number of aliphatic hydroxyl groups is 3. The summed E-state index contributed by atoms with van der Waals surface area (Å²) >= 11 is 0. The average Bonchev–Trinajstić information content (AvgIpc) is 2.62. The van der Waals surface area contributed by atoms with Crippen molar-refractivity contribution in [2.45, 2.75) is 5.54 Å². The van der Waals surface area contributed by atoms with E-state index in [-0.39, 0.29) is 12.6 Å². The largest absolute Gasteiger partial charge is 0.393 e. The Kier molecular flexibility index (Phi) is 6.83. The maximum atomic E-state index is 11.5. The van der Waals surface area contributed by atoms with Gasteiger partial charge in [0.1, 0.15) is 6.73 Å². The van der Waals surface area contributed by atoms with Crippen molar-refractivity contribution in [3.8, 4) is 0 Å². The van der Waals surface area contributed by atoms with Gasteiger partial charge < -0.3 is 25.5 Å². The Morgan fingerprint density at radius 1 is 1.30 bits per heavy atom. The number of rotatable bonds is 4. The molecular formula is C11H19N3O6. The zero-order chi connectivity index (χ0) is 15.9. The highest BCUT2D eigenvalue weighted by Crippen LogP contribution is 2.24. The van der Waals surface area contributed by atoms with Gasteiger partial charge in [-0.05, 0) is 6.08 Å². The second-order valence-corrected chi connectivity index (χ2v) is 3.96. The summed E-state index contributed by atoms with van der Waals surface area (Å²) in [5.74, 6) is -0.937. The molecule has 1 saturated heterocycles. The predicted octanol–water partition coefficient (Wildman–Crippen LogP) is -2.53. The molecule has 0 aromatic carbocycles. The van der Waals surface area contributed by atoms with Gasteiger partial charge in [-0.3, -0.25) is 14.5 Å². The molecule has 20 heavy (non-hydrogen) atoms. The SMILES string of the molecule is C=CC(=O)NCO.CN1C(=O)N(C)C(CO)(CO)C1=O. The van der Waals surface area contributed by atoms with Gasteiger partial charge >= 0.3 is 6.03 Å². The maximum Gasteiger partial charge on any atom is 0.327 e. The molecule has 1 aliphatic heterocycles. The fourth-order valence-electron chi connectivity index (χ4n) is 1.50. The van der Waals surface area contributed by atoms with E-state index in [9.17, 15) is 14.4 Å². The van der Waals surface area contributed by atoms with Crippen molar-refractivity contribution in [3.05, 3.63) is 12.7 Å². The van der Waals surface area contributed by atoms with E-state index in [4.69, 9.17) is 15.3 Å². The normalized spacial score (nSPS) is 16.6. The highest BCUT2D eigenvalue weighted by Gasteiger charge is 2.53. The summed E-state index contributed by atoms with van der Waals surface area (Å²) in [4.78, 5) is 34.7. The van der Waals surface area contributed by atoms with Crippen molar-refractivity contribution < 1.29 is 29.7 Å². The summed E-state index contributed by atoms with van der Waals surface area (Å²) in [6.45, 7) is 1.68. The topological polar surface area (TPSA) is 130 Å². The lowest BCUT2D eigenvalue weighted by Crippen LogP contribution is -2.54. The molecule has 0 radical (unpaired) electrons. The third kappa shape index (κ3) is 3.32. The summed E-state index contributed by atoms with van der Waals surface area (Å²) in [5, 5.41) is 28.1. The molecule has 114 valence electrons. The van der Waals surface area contributed by atoms with Gasteiger partial charge in [0.2, 0.25) is 5.91 Å². The molecule has 0 spiro atoms. The van der Waals surface area contributed by atoms with Crippen LogP contribution in [0.2, 0.25) is 0 Å². The van der Waals surface area contributed by atoms with E-state index >= 15 is 0 Å². The summed E-state index contributed by atoms with van der Waals surface area (Å²) in [6, 6.07) is -0.520. The Bertz CT molecular complexity index is 394. The lowest BCUT2D eigenvalue weighted by Gasteiger charge is -2.27. The monoisotopic (exact) mass is 289 g/mol. The number of amides is 4. The molecule has 1 aliphatic rings. The first-order valence-electron chi connectivity index (χ1n) is 5.61. The predicted molar refractivity (Wildman–Crippen MR) is 68.3 cm³/mol. The van der Waals surface area contributed by atoms with Crippen molar-refractivity contribution in [1.82, 2.24) is 15.1 Å². The molecule has 0 bridgehead atoms. The number of imide groups is 1. The number of carbonyl (C=O) groups is 3. The quantitative estimate of drug-likeness (QED) is 0.256. The van der Waals surface area contributed by atoms with Crippen molar-refractivity contribution in [3.63, 3.8) is 0 Å². The van der Waals surface area contributed by atoms with E-state index in [0.717, 1.165) is 15.9 Å². The van der Waals surface area contributed by atoms with Crippen molar-refractivity contribution in [2.75, 3.05) is 34.0 Å². The van der Waals surface area contributed by atoms with Crippen LogP contribution >= 0.6 is 0 Å². The van der Waals surface area contributed by atoms with Gasteiger partial charge in [0, 0.05) is 14.1 Å². The maximum absolute atomic E-state index is 11.5. The Morgan fingerprint density at radius 2 is 1.80 bits per heavy atom. The van der Waals surface area contributed by atoms with Gasteiger partial charge in [-0.1, -0.05) is 6.58 Å². The van der Waals surface area contributed by atoms with Crippen LogP contribution in [0.4, 0.5) is 4.79 Å². The van der Waals surface area contributed by atoms with Gasteiger partial charge in [0.05, 0.1) is 13.2 Å². The Morgan fingerprint density at radius 3 is 1.95 bits per heavy atom. The minimum atomic E-state index is -1.48. The molecule has 0 saturated carbocycles. The minimum Gasteiger partial charge on any atom is -0.393 e. The molecule has 4 N–H and O–H groups in total. The Balaban J connectivity index is 0.000000441. The number of nitrogens with zero attached hydrogens (tertiary/aromatic N) is 2. The molecule has 9 nitrogen and oxygen atoms in total. The summed E-state index contributed by atoms with van der Waals surface area (Å²) < 4.78 is 0. The van der Waals surface area contributed by atoms with Crippen LogP contribution in [0.3, 0.4) is 0 Å². The first kappa shape index (κ1) is 18.0. The smallest absolute Gasteiger partial charge is 0.327 e. The van der Waals surface area contributed by atoms with Crippen LogP contribution in [0.1, 0.15) is 0 Å². The van der Waals surface area contributed by atoms with Gasteiger partial charge in [-0.15, -0.1) is 0 Å². The highest BCUT2D eigenvalue weighted by molar-refractivity contribution is 6.06. The van der Waals surface area contributed by atoms with Gasteiger partial charge in [-0.25, -0.2) is 4.79 Å². The van der Waals surface area contributed by atoms with Crippen LogP contribution in [-0.2, 0) is 9.59 Å². The zero-order valence-electron chi connectivity index (χ0n) is 11.4. The first-order chi connectivity index (χ1) is 9.32. The summed E-state index contributed by atoms with van der Waals surface area (Å²) in [7, 11) is 2.68. The van der Waals surface area contributed by atoms with Crippen LogP contribution < -0.4 is 5.32 Å². The van der Waals surface area contributed by atoms with Crippen molar-refractivity contribution in [2.24, 2.45) is 0 Å². The molecule has 4 amide bonds. The van der Waals surface area contributed by atoms with Crippen molar-refractivity contribution >= 4 is 17.8 Å². The minimum absolute atomic E-state index is 0.329. The van der Waals surface area contributed by atoms with Crippen LogP contribution in [-0.4, -0.2) is 82.5 Å². The third-order valence-corrected chi connectivity index (χ3v) is 2.88. The zero-order valence-corrected chi connectivity index (χ0v) is 11.4. The number of urea groups is 1. The number of hydrogen-bond donors (Lipinski definition) is 4. The summed E-state index contributed by atoms with van der Waals surface area (Å²) in [6.07, 6.45) is 1.09. The van der Waals surface area contributed by atoms with Crippen LogP contribution in [0.5, 0.6) is 0 Å². The molecule has 9 heteroatoms. The number of aliphatic hydroxyl groups excluding tert-OH is 3.